The first kappa shape index (κ1) is 29.4. The zero-order valence-electron chi connectivity index (χ0n) is 18.0. The Hall–Kier alpha value is -1.57. The monoisotopic (exact) mass is 501 g/mol. The van der Waals surface area contributed by atoms with Crippen molar-refractivity contribution in [1.29, 1.82) is 0 Å². The summed E-state index contributed by atoms with van der Waals surface area (Å²) in [6.45, 7) is 5.60. The quantitative estimate of drug-likeness (QED) is 0.193. The van der Waals surface area contributed by atoms with E-state index in [1.165, 1.54) is 25.0 Å². The number of imidazole rings is 1. The summed E-state index contributed by atoms with van der Waals surface area (Å²) in [4.78, 5) is 36.9. The maximum atomic E-state index is 11.8. The van der Waals surface area contributed by atoms with Gasteiger partial charge in [0.1, 0.15) is 18.0 Å². The normalized spacial score (nSPS) is 11.8. The molecular weight excluding hydrogens is 473 g/mol. The zero-order chi connectivity index (χ0) is 24.0. The molecule has 0 fully saturated rings. The van der Waals surface area contributed by atoms with Crippen LogP contribution in [0, 0.1) is 17.0 Å². The van der Waals surface area contributed by atoms with Crippen molar-refractivity contribution in [3.8, 4) is 0 Å². The van der Waals surface area contributed by atoms with Crippen molar-refractivity contribution >= 4 is 46.6 Å². The van der Waals surface area contributed by atoms with E-state index in [0.29, 0.717) is 5.82 Å². The summed E-state index contributed by atoms with van der Waals surface area (Å²) in [6.07, 6.45) is 1.06. The highest BCUT2D eigenvalue weighted by atomic mass is 32.9. The third-order valence-corrected chi connectivity index (χ3v) is 9.32. The van der Waals surface area contributed by atoms with E-state index >= 15 is 0 Å². The van der Waals surface area contributed by atoms with Crippen LogP contribution in [0.5, 0.6) is 0 Å². The van der Waals surface area contributed by atoms with Gasteiger partial charge in [0, 0.05) is 21.1 Å². The average molecular weight is 502 g/mol. The molecule has 0 aliphatic rings. The molecule has 0 aromatic carbocycles. The Labute approximate surface area is 189 Å². The van der Waals surface area contributed by atoms with Crippen molar-refractivity contribution < 1.29 is 38.1 Å². The van der Waals surface area contributed by atoms with E-state index in [0.717, 1.165) is 11.4 Å². The van der Waals surface area contributed by atoms with Crippen molar-refractivity contribution in [3.05, 3.63) is 22.1 Å². The summed E-state index contributed by atoms with van der Waals surface area (Å²) in [5.74, 6) is -0.553. The Balaban J connectivity index is 0.000000639. The molecule has 15 heteroatoms. The molecule has 1 rings (SSSR count). The largest absolute Gasteiger partial charge is 0.466 e. The van der Waals surface area contributed by atoms with Gasteiger partial charge in [0.05, 0.1) is 26.2 Å². The van der Waals surface area contributed by atoms with E-state index in [1.54, 1.807) is 20.8 Å². The van der Waals surface area contributed by atoms with Crippen molar-refractivity contribution in [3.63, 3.8) is 0 Å². The molecule has 12 nitrogen and oxygen atoms in total. The maximum absolute atomic E-state index is 11.8. The average Bonchev–Trinajstić information content (AvgIpc) is 3.09. The molecule has 1 unspecified atom stereocenters. The summed E-state index contributed by atoms with van der Waals surface area (Å²) in [7, 11) is 2.81. The van der Waals surface area contributed by atoms with E-state index in [1.807, 2.05) is 0 Å². The highest BCUT2D eigenvalue weighted by Crippen LogP contribution is 2.62. The molecule has 0 bridgehead atoms. The standard InChI is InChI=1S/C10H19O6PS2.C6H9N3O3/c1-5-15-9(11)7-8(10(12)16-6-2)19-17(18,13-3)14-4;1-5-7-4-6(9(11)12)8(5)2-3-10/h8H,5-7H2,1-4H3;4,10H,2-3H2,1H3. The first-order chi connectivity index (χ1) is 14.6. The van der Waals surface area contributed by atoms with Crippen LogP contribution >= 0.6 is 17.1 Å². The van der Waals surface area contributed by atoms with Gasteiger partial charge in [-0.2, -0.15) is 0 Å². The molecule has 1 atom stereocenters. The molecule has 1 aromatic heterocycles. The molecule has 0 saturated heterocycles. The lowest BCUT2D eigenvalue weighted by Gasteiger charge is -2.21. The number of hydrogen-bond donors (Lipinski definition) is 1. The smallest absolute Gasteiger partial charge is 0.342 e. The fraction of sp³-hybridized carbons (Fsp3) is 0.688. The molecule has 31 heavy (non-hydrogen) atoms. The maximum Gasteiger partial charge on any atom is 0.342 e. The topological polar surface area (TPSA) is 152 Å². The third kappa shape index (κ3) is 10.5. The summed E-state index contributed by atoms with van der Waals surface area (Å²) >= 11 is 6.17. The Bertz CT molecular complexity index is 768. The number of aromatic nitrogens is 2. The molecule has 0 aliphatic heterocycles. The second-order valence-corrected chi connectivity index (χ2v) is 12.1. The van der Waals surface area contributed by atoms with Crippen molar-refractivity contribution in [1.82, 2.24) is 9.55 Å². The van der Waals surface area contributed by atoms with Gasteiger partial charge >= 0.3 is 17.8 Å². The number of rotatable bonds is 12. The number of esters is 2. The number of nitro groups is 1. The van der Waals surface area contributed by atoms with Crippen molar-refractivity contribution in [2.75, 3.05) is 34.0 Å². The number of carbonyl (C=O) groups excluding carboxylic acids is 2. The molecule has 178 valence electrons. The van der Waals surface area contributed by atoms with Crippen LogP contribution in [-0.2, 0) is 46.5 Å². The minimum absolute atomic E-state index is 0.0819. The van der Waals surface area contributed by atoms with Crippen LogP contribution in [0.3, 0.4) is 0 Å². The van der Waals surface area contributed by atoms with Gasteiger partial charge in [0.15, 0.2) is 5.82 Å². The number of hydrogen-bond acceptors (Lipinski definition) is 12. The lowest BCUT2D eigenvalue weighted by atomic mass is 10.3. The molecule has 0 saturated carbocycles. The first-order valence-electron chi connectivity index (χ1n) is 9.08. The molecule has 0 spiro atoms. The predicted octanol–water partition coefficient (Wildman–Crippen LogP) is 2.21. The fourth-order valence-electron chi connectivity index (χ4n) is 2.06. The number of carbonyl (C=O) groups is 2. The Morgan fingerprint density at radius 3 is 2.35 bits per heavy atom. The highest BCUT2D eigenvalue weighted by Gasteiger charge is 2.32. The molecule has 0 amide bonds. The fourth-order valence-corrected chi connectivity index (χ4v) is 5.93. The number of ether oxygens (including phenoxy) is 2. The van der Waals surface area contributed by atoms with Crippen molar-refractivity contribution in [2.45, 2.75) is 39.0 Å². The highest BCUT2D eigenvalue weighted by molar-refractivity contribution is 8.68. The summed E-state index contributed by atoms with van der Waals surface area (Å²) < 4.78 is 21.3. The van der Waals surface area contributed by atoms with E-state index in [2.05, 4.69) is 4.98 Å². The summed E-state index contributed by atoms with van der Waals surface area (Å²) in [5, 5.41) is 18.2. The lowest BCUT2D eigenvalue weighted by Crippen LogP contribution is -2.24. The third-order valence-electron chi connectivity index (χ3n) is 3.46. The second kappa shape index (κ2) is 15.3. The minimum atomic E-state index is -2.65. The molecule has 1 aromatic rings. The van der Waals surface area contributed by atoms with Gasteiger partial charge in [-0.1, -0.05) is 11.4 Å². The van der Waals surface area contributed by atoms with Crippen LogP contribution in [0.15, 0.2) is 6.20 Å². The second-order valence-electron chi connectivity index (χ2n) is 5.46. The predicted molar refractivity (Wildman–Crippen MR) is 118 cm³/mol. The van der Waals surface area contributed by atoms with E-state index in [9.17, 15) is 19.7 Å². The Morgan fingerprint density at radius 2 is 1.90 bits per heavy atom. The summed E-state index contributed by atoms with van der Waals surface area (Å²) in [5.41, 5.74) is -2.65. The summed E-state index contributed by atoms with van der Waals surface area (Å²) in [6, 6.07) is 0. The minimum Gasteiger partial charge on any atom is -0.466 e. The molecule has 0 aliphatic carbocycles. The molecule has 0 radical (unpaired) electrons. The van der Waals surface area contributed by atoms with Gasteiger partial charge in [-0.05, 0) is 30.6 Å². The zero-order valence-corrected chi connectivity index (χ0v) is 20.5. The van der Waals surface area contributed by atoms with Gasteiger partial charge in [-0.25, -0.2) is 9.55 Å². The van der Waals surface area contributed by atoms with E-state index in [4.69, 9.17) is 35.4 Å². The van der Waals surface area contributed by atoms with Crippen LogP contribution in [-0.4, -0.2) is 70.8 Å². The van der Waals surface area contributed by atoms with Crippen molar-refractivity contribution in [2.24, 2.45) is 0 Å². The van der Waals surface area contributed by atoms with Crippen LogP contribution < -0.4 is 0 Å². The van der Waals surface area contributed by atoms with Gasteiger partial charge in [0.2, 0.25) is 5.69 Å². The van der Waals surface area contributed by atoms with Crippen LogP contribution in [0.25, 0.3) is 0 Å². The Morgan fingerprint density at radius 1 is 1.32 bits per heavy atom. The number of aryl methyl sites for hydroxylation is 1. The van der Waals surface area contributed by atoms with Gasteiger partial charge in [-0.15, -0.1) is 0 Å². The van der Waals surface area contributed by atoms with Crippen LogP contribution in [0.4, 0.5) is 5.82 Å². The molecule has 1 heterocycles. The van der Waals surface area contributed by atoms with Gasteiger partial charge < -0.3 is 33.7 Å². The van der Waals surface area contributed by atoms with Gasteiger partial charge in [-0.3, -0.25) is 9.59 Å². The lowest BCUT2D eigenvalue weighted by molar-refractivity contribution is -0.392. The Kier molecular flexibility index (Phi) is 14.5. The van der Waals surface area contributed by atoms with E-state index < -0.39 is 27.8 Å². The molecule has 1 N–H and O–H groups in total. The molecular formula is C16H28N3O9PS2. The van der Waals surface area contributed by atoms with Crippen LogP contribution in [0.2, 0.25) is 0 Å². The van der Waals surface area contributed by atoms with Crippen LogP contribution in [0.1, 0.15) is 26.1 Å². The van der Waals surface area contributed by atoms with Gasteiger partial charge in [0.25, 0.3) is 0 Å². The first-order valence-corrected chi connectivity index (χ1v) is 13.2. The number of aliphatic hydroxyl groups excluding tert-OH is 1. The number of aliphatic hydroxyl groups is 1. The number of nitrogens with zero attached hydrogens (tertiary/aromatic N) is 3. The van der Waals surface area contributed by atoms with E-state index in [-0.39, 0.29) is 38.6 Å². The SMILES string of the molecule is CCOC(=O)CC(SP(=S)(OC)OC)C(=O)OCC.Cc1ncc([N+](=O)[O-])n1CCO.